The number of nitrogens with zero attached hydrogens (tertiary/aromatic N) is 2. The largest absolute Gasteiger partial charge is 0.341 e. The first-order valence-corrected chi connectivity index (χ1v) is 10.7. The van der Waals surface area contributed by atoms with E-state index in [0.717, 1.165) is 10.9 Å². The Balaban J connectivity index is 1.41. The topological polar surface area (TPSA) is 59.4 Å². The number of benzene rings is 2. The summed E-state index contributed by atoms with van der Waals surface area (Å²) in [5.41, 5.74) is 1.03. The summed E-state index contributed by atoms with van der Waals surface area (Å²) >= 11 is 0. The van der Waals surface area contributed by atoms with Crippen molar-refractivity contribution in [2.75, 3.05) is 13.1 Å². The lowest BCUT2D eigenvalue weighted by Crippen LogP contribution is -2.43. The molecule has 4 rings (SSSR count). The first-order valence-electron chi connectivity index (χ1n) is 9.16. The predicted molar refractivity (Wildman–Crippen MR) is 105 cm³/mol. The predicted octanol–water partition coefficient (Wildman–Crippen LogP) is 3.11. The van der Waals surface area contributed by atoms with Gasteiger partial charge in [-0.15, -0.1) is 0 Å². The third-order valence-corrected chi connectivity index (χ3v) is 7.57. The monoisotopic (exact) mass is 382 g/mol. The van der Waals surface area contributed by atoms with Crippen molar-refractivity contribution in [3.8, 4) is 0 Å². The van der Waals surface area contributed by atoms with Gasteiger partial charge in [0.05, 0.1) is 10.1 Å². The molecule has 0 atom stereocenters. The van der Waals surface area contributed by atoms with Crippen LogP contribution in [0.15, 0.2) is 71.8 Å². The molecule has 0 bridgehead atoms. The number of para-hydroxylation sites is 1. The highest BCUT2D eigenvalue weighted by Crippen LogP contribution is 2.25. The van der Waals surface area contributed by atoms with Gasteiger partial charge in [-0.25, -0.2) is 8.42 Å². The second-order valence-electron chi connectivity index (χ2n) is 6.94. The normalized spacial score (nSPS) is 15.9. The van der Waals surface area contributed by atoms with Gasteiger partial charge in [0.1, 0.15) is 6.54 Å². The number of likely N-dealkylation sites (tertiary alicyclic amines) is 1. The molecule has 5 nitrogen and oxygen atoms in total. The Morgan fingerprint density at radius 2 is 1.59 bits per heavy atom. The Bertz CT molecular complexity index is 1050. The lowest BCUT2D eigenvalue weighted by atomic mass is 10.1. The summed E-state index contributed by atoms with van der Waals surface area (Å²) in [6.07, 6.45) is 2.89. The van der Waals surface area contributed by atoms with E-state index in [2.05, 4.69) is 0 Å². The van der Waals surface area contributed by atoms with Crippen molar-refractivity contribution in [1.82, 2.24) is 9.47 Å². The molecule has 0 unspecified atom stereocenters. The highest BCUT2D eigenvalue weighted by molar-refractivity contribution is 7.92. The van der Waals surface area contributed by atoms with Gasteiger partial charge in [0.2, 0.25) is 5.91 Å². The lowest BCUT2D eigenvalue weighted by molar-refractivity contribution is -0.132. The minimum atomic E-state index is -3.33. The Morgan fingerprint density at radius 1 is 0.926 bits per heavy atom. The molecule has 1 aromatic heterocycles. The molecule has 0 N–H and O–H groups in total. The summed E-state index contributed by atoms with van der Waals surface area (Å²) in [5, 5.41) is 0.689. The maximum Gasteiger partial charge on any atom is 0.242 e. The second kappa shape index (κ2) is 7.19. The number of amides is 1. The molecule has 1 fully saturated rings. The molecule has 140 valence electrons. The van der Waals surface area contributed by atoms with Crippen LogP contribution in [0.1, 0.15) is 12.8 Å². The van der Waals surface area contributed by atoms with Crippen LogP contribution in [0.3, 0.4) is 0 Å². The molecule has 1 amide bonds. The molecule has 1 aliphatic heterocycles. The number of fused-ring (bicyclic) bond motifs is 1. The maximum absolute atomic E-state index is 12.8. The van der Waals surface area contributed by atoms with Crippen molar-refractivity contribution >= 4 is 26.6 Å². The second-order valence-corrected chi connectivity index (χ2v) is 9.17. The van der Waals surface area contributed by atoms with E-state index in [0.29, 0.717) is 30.8 Å². The van der Waals surface area contributed by atoms with Gasteiger partial charge in [0, 0.05) is 24.8 Å². The number of rotatable bonds is 4. The standard InChI is InChI=1S/C21H22N2O3S/c24-21(16-23-13-10-17-6-4-5-9-20(17)23)22-14-11-19(12-15-22)27(25,26)18-7-2-1-3-8-18/h1-10,13,19H,11-12,14-16H2. The van der Waals surface area contributed by atoms with Crippen molar-refractivity contribution in [2.24, 2.45) is 0 Å². The van der Waals surface area contributed by atoms with Crippen molar-refractivity contribution < 1.29 is 13.2 Å². The zero-order valence-corrected chi connectivity index (χ0v) is 15.8. The van der Waals surface area contributed by atoms with E-state index in [1.807, 2.05) is 47.2 Å². The SMILES string of the molecule is O=C(Cn1ccc2ccccc21)N1CCC(S(=O)(=O)c2ccccc2)CC1. The average molecular weight is 382 g/mol. The van der Waals surface area contributed by atoms with E-state index in [-0.39, 0.29) is 12.5 Å². The lowest BCUT2D eigenvalue weighted by Gasteiger charge is -2.32. The fourth-order valence-electron chi connectivity index (χ4n) is 3.74. The Hall–Kier alpha value is -2.60. The third kappa shape index (κ3) is 3.49. The first kappa shape index (κ1) is 17.8. The van der Waals surface area contributed by atoms with Crippen molar-refractivity contribution in [1.29, 1.82) is 0 Å². The fourth-order valence-corrected chi connectivity index (χ4v) is 5.50. The van der Waals surface area contributed by atoms with Crippen LogP contribution in [0.25, 0.3) is 10.9 Å². The van der Waals surface area contributed by atoms with E-state index >= 15 is 0 Å². The molecular formula is C21H22N2O3S. The first-order chi connectivity index (χ1) is 13.1. The summed E-state index contributed by atoms with van der Waals surface area (Å²) in [7, 11) is -3.33. The highest BCUT2D eigenvalue weighted by atomic mass is 32.2. The summed E-state index contributed by atoms with van der Waals surface area (Å²) in [6.45, 7) is 1.24. The van der Waals surface area contributed by atoms with Gasteiger partial charge in [-0.3, -0.25) is 4.79 Å². The number of piperidine rings is 1. The van der Waals surface area contributed by atoms with E-state index < -0.39 is 15.1 Å². The van der Waals surface area contributed by atoms with Crippen LogP contribution in [0, 0.1) is 0 Å². The maximum atomic E-state index is 12.8. The number of hydrogen-bond acceptors (Lipinski definition) is 3. The fraction of sp³-hybridized carbons (Fsp3) is 0.286. The van der Waals surface area contributed by atoms with Gasteiger partial charge in [-0.1, -0.05) is 36.4 Å². The van der Waals surface area contributed by atoms with Crippen LogP contribution >= 0.6 is 0 Å². The Morgan fingerprint density at radius 3 is 2.33 bits per heavy atom. The van der Waals surface area contributed by atoms with E-state index in [1.165, 1.54) is 0 Å². The molecule has 0 aliphatic carbocycles. The van der Waals surface area contributed by atoms with Gasteiger partial charge in [-0.05, 0) is 42.5 Å². The van der Waals surface area contributed by atoms with E-state index in [9.17, 15) is 13.2 Å². The van der Waals surface area contributed by atoms with Gasteiger partial charge < -0.3 is 9.47 Å². The molecule has 1 saturated heterocycles. The molecule has 1 aliphatic rings. The van der Waals surface area contributed by atoms with E-state index in [1.54, 1.807) is 29.2 Å². The number of aromatic nitrogens is 1. The van der Waals surface area contributed by atoms with Gasteiger partial charge in [0.15, 0.2) is 9.84 Å². The van der Waals surface area contributed by atoms with Crippen LogP contribution in [0.2, 0.25) is 0 Å². The minimum absolute atomic E-state index is 0.0342. The summed E-state index contributed by atoms with van der Waals surface area (Å²) < 4.78 is 27.5. The summed E-state index contributed by atoms with van der Waals surface area (Å²) in [6, 6.07) is 18.5. The number of carbonyl (C=O) groups is 1. The Kier molecular flexibility index (Phi) is 4.74. The molecule has 2 aromatic carbocycles. The molecular weight excluding hydrogens is 360 g/mol. The van der Waals surface area contributed by atoms with Crippen molar-refractivity contribution in [3.05, 3.63) is 66.9 Å². The van der Waals surface area contributed by atoms with E-state index in [4.69, 9.17) is 0 Å². The highest BCUT2D eigenvalue weighted by Gasteiger charge is 2.32. The molecule has 3 aromatic rings. The average Bonchev–Trinajstić information content (AvgIpc) is 3.12. The summed E-state index contributed by atoms with van der Waals surface area (Å²) in [4.78, 5) is 14.8. The zero-order chi connectivity index (χ0) is 18.9. The molecule has 0 saturated carbocycles. The van der Waals surface area contributed by atoms with Crippen LogP contribution in [0.5, 0.6) is 0 Å². The van der Waals surface area contributed by atoms with Crippen LogP contribution < -0.4 is 0 Å². The third-order valence-electron chi connectivity index (χ3n) is 5.29. The minimum Gasteiger partial charge on any atom is -0.341 e. The molecule has 0 radical (unpaired) electrons. The quantitative estimate of drug-likeness (QED) is 0.697. The van der Waals surface area contributed by atoms with Gasteiger partial charge >= 0.3 is 0 Å². The number of carbonyl (C=O) groups excluding carboxylic acids is 1. The van der Waals surface area contributed by atoms with Crippen LogP contribution in [-0.4, -0.2) is 42.1 Å². The van der Waals surface area contributed by atoms with Crippen LogP contribution in [-0.2, 0) is 21.2 Å². The van der Waals surface area contributed by atoms with Gasteiger partial charge in [-0.2, -0.15) is 0 Å². The van der Waals surface area contributed by atoms with Gasteiger partial charge in [0.25, 0.3) is 0 Å². The zero-order valence-electron chi connectivity index (χ0n) is 15.0. The van der Waals surface area contributed by atoms with Crippen molar-refractivity contribution in [2.45, 2.75) is 29.5 Å². The number of hydrogen-bond donors (Lipinski definition) is 0. The molecule has 6 heteroatoms. The Labute approximate surface area is 159 Å². The molecule has 2 heterocycles. The van der Waals surface area contributed by atoms with Crippen molar-refractivity contribution in [3.63, 3.8) is 0 Å². The molecule has 27 heavy (non-hydrogen) atoms. The summed E-state index contributed by atoms with van der Waals surface area (Å²) in [5.74, 6) is 0.0342. The van der Waals surface area contributed by atoms with Crippen LogP contribution in [0.4, 0.5) is 0 Å². The molecule has 0 spiro atoms. The number of sulfone groups is 1. The smallest absolute Gasteiger partial charge is 0.242 e.